The van der Waals surface area contributed by atoms with Gasteiger partial charge in [0.25, 0.3) is 0 Å². The van der Waals surface area contributed by atoms with Crippen LogP contribution in [0.15, 0.2) is 12.1 Å². The van der Waals surface area contributed by atoms with E-state index in [1.807, 2.05) is 26.0 Å². The molecule has 1 rings (SSSR count). The summed E-state index contributed by atoms with van der Waals surface area (Å²) in [5.74, 6) is -0.0904. The van der Waals surface area contributed by atoms with Crippen molar-refractivity contribution in [3.8, 4) is 5.75 Å². The number of aliphatic carboxylic acids is 1. The van der Waals surface area contributed by atoms with Gasteiger partial charge in [0.05, 0.1) is 18.6 Å². The predicted molar refractivity (Wildman–Crippen MR) is 75.7 cm³/mol. The quantitative estimate of drug-likeness (QED) is 0.859. The maximum absolute atomic E-state index is 11.5. The molecule has 4 nitrogen and oxygen atoms in total. The second kappa shape index (κ2) is 5.61. The van der Waals surface area contributed by atoms with Crippen molar-refractivity contribution in [2.75, 3.05) is 14.2 Å². The van der Waals surface area contributed by atoms with Gasteiger partial charge in [-0.2, -0.15) is 0 Å². The van der Waals surface area contributed by atoms with E-state index in [1.54, 1.807) is 28.0 Å². The van der Waals surface area contributed by atoms with Gasteiger partial charge in [-0.1, -0.05) is 17.7 Å². The molecule has 0 aromatic heterocycles. The third kappa shape index (κ3) is 2.89. The molecule has 1 aromatic rings. The normalized spacial score (nSPS) is 13.2. The van der Waals surface area contributed by atoms with Crippen LogP contribution in [0.1, 0.15) is 36.6 Å². The van der Waals surface area contributed by atoms with Gasteiger partial charge in [-0.3, -0.25) is 4.79 Å². The zero-order valence-corrected chi connectivity index (χ0v) is 12.5. The third-order valence-electron chi connectivity index (χ3n) is 3.52. The van der Waals surface area contributed by atoms with Gasteiger partial charge in [-0.05, 0) is 40.3 Å². The van der Waals surface area contributed by atoms with E-state index in [4.69, 9.17) is 4.74 Å². The zero-order valence-electron chi connectivity index (χ0n) is 12.5. The monoisotopic (exact) mass is 265 g/mol. The Balaban J connectivity index is 3.45. The number of rotatable bonds is 5. The van der Waals surface area contributed by atoms with Crippen LogP contribution in [-0.4, -0.2) is 25.2 Å². The minimum Gasteiger partial charge on any atom is -0.496 e. The molecule has 4 heteroatoms. The standard InChI is InChI=1S/C15H23NO3/c1-9-7-10(2)12(19-6)11(8-9)13(16-5)15(3,4)14(17)18/h7-8,13,16H,1-6H3,(H,17,18). The van der Waals surface area contributed by atoms with E-state index in [-0.39, 0.29) is 6.04 Å². The molecular weight excluding hydrogens is 242 g/mol. The fraction of sp³-hybridized carbons (Fsp3) is 0.533. The highest BCUT2D eigenvalue weighted by Gasteiger charge is 2.38. The second-order valence-electron chi connectivity index (χ2n) is 5.45. The molecule has 0 fully saturated rings. The summed E-state index contributed by atoms with van der Waals surface area (Å²) in [6, 6.07) is 3.69. The number of ether oxygens (including phenoxy) is 1. The van der Waals surface area contributed by atoms with Gasteiger partial charge in [0, 0.05) is 5.56 Å². The molecule has 0 saturated carbocycles. The van der Waals surface area contributed by atoms with Crippen molar-refractivity contribution < 1.29 is 14.6 Å². The molecule has 0 amide bonds. The van der Waals surface area contributed by atoms with Crippen LogP contribution in [0.3, 0.4) is 0 Å². The number of nitrogens with one attached hydrogen (secondary N) is 1. The molecule has 1 aromatic carbocycles. The summed E-state index contributed by atoms with van der Waals surface area (Å²) in [5, 5.41) is 12.5. The van der Waals surface area contributed by atoms with Crippen LogP contribution in [0.2, 0.25) is 0 Å². The first-order valence-corrected chi connectivity index (χ1v) is 6.31. The van der Waals surface area contributed by atoms with Gasteiger partial charge in [-0.15, -0.1) is 0 Å². The summed E-state index contributed by atoms with van der Waals surface area (Å²) in [4.78, 5) is 11.5. The lowest BCUT2D eigenvalue weighted by Gasteiger charge is -2.32. The fourth-order valence-corrected chi connectivity index (χ4v) is 2.51. The van der Waals surface area contributed by atoms with Crippen molar-refractivity contribution in [2.24, 2.45) is 5.41 Å². The van der Waals surface area contributed by atoms with E-state index in [0.29, 0.717) is 0 Å². The number of carbonyl (C=O) groups is 1. The lowest BCUT2D eigenvalue weighted by molar-refractivity contribution is -0.148. The lowest BCUT2D eigenvalue weighted by atomic mass is 9.79. The predicted octanol–water partition coefficient (Wildman–Crippen LogP) is 2.68. The van der Waals surface area contributed by atoms with Crippen molar-refractivity contribution in [1.82, 2.24) is 5.32 Å². The third-order valence-corrected chi connectivity index (χ3v) is 3.52. The summed E-state index contributed by atoms with van der Waals surface area (Å²) >= 11 is 0. The van der Waals surface area contributed by atoms with Crippen molar-refractivity contribution in [3.05, 3.63) is 28.8 Å². The molecular formula is C15H23NO3. The average molecular weight is 265 g/mol. The molecule has 0 radical (unpaired) electrons. The number of methoxy groups -OCH3 is 1. The van der Waals surface area contributed by atoms with Crippen LogP contribution in [-0.2, 0) is 4.79 Å². The Kier molecular flexibility index (Phi) is 4.58. The van der Waals surface area contributed by atoms with E-state index in [2.05, 4.69) is 5.32 Å². The second-order valence-corrected chi connectivity index (χ2v) is 5.45. The Bertz CT molecular complexity index is 481. The number of carboxylic acid groups (broad SMARTS) is 1. The number of carboxylic acids is 1. The number of aryl methyl sites for hydroxylation is 2. The molecule has 0 aliphatic heterocycles. The molecule has 0 spiro atoms. The lowest BCUT2D eigenvalue weighted by Crippen LogP contribution is -2.38. The largest absolute Gasteiger partial charge is 0.496 e. The summed E-state index contributed by atoms with van der Waals surface area (Å²) < 4.78 is 5.46. The molecule has 0 saturated heterocycles. The fourth-order valence-electron chi connectivity index (χ4n) is 2.51. The average Bonchev–Trinajstić information content (AvgIpc) is 2.28. The number of hydrogen-bond acceptors (Lipinski definition) is 3. The minimum absolute atomic E-state index is 0.321. The van der Waals surface area contributed by atoms with Crippen LogP contribution in [0, 0.1) is 19.3 Å². The van der Waals surface area contributed by atoms with Gasteiger partial charge in [0.15, 0.2) is 0 Å². The zero-order chi connectivity index (χ0) is 14.8. The number of hydrogen-bond donors (Lipinski definition) is 2. The van der Waals surface area contributed by atoms with Gasteiger partial charge < -0.3 is 15.2 Å². The van der Waals surface area contributed by atoms with Gasteiger partial charge in [-0.25, -0.2) is 0 Å². The van der Waals surface area contributed by atoms with E-state index < -0.39 is 11.4 Å². The minimum atomic E-state index is -0.928. The van der Waals surface area contributed by atoms with Crippen LogP contribution in [0.5, 0.6) is 5.75 Å². The van der Waals surface area contributed by atoms with Crippen molar-refractivity contribution >= 4 is 5.97 Å². The van der Waals surface area contributed by atoms with Crippen molar-refractivity contribution in [2.45, 2.75) is 33.7 Å². The van der Waals surface area contributed by atoms with E-state index in [0.717, 1.165) is 22.4 Å². The highest BCUT2D eigenvalue weighted by Crippen LogP contribution is 2.39. The summed E-state index contributed by atoms with van der Waals surface area (Å²) in [7, 11) is 3.38. The molecule has 19 heavy (non-hydrogen) atoms. The highest BCUT2D eigenvalue weighted by molar-refractivity contribution is 5.75. The Morgan fingerprint density at radius 2 is 1.95 bits per heavy atom. The first-order chi connectivity index (χ1) is 8.75. The molecule has 2 N–H and O–H groups in total. The Labute approximate surface area is 114 Å². The summed E-state index contributed by atoms with van der Waals surface area (Å²) in [5.41, 5.74) is 2.06. The smallest absolute Gasteiger partial charge is 0.311 e. The molecule has 0 aliphatic carbocycles. The van der Waals surface area contributed by atoms with Crippen LogP contribution < -0.4 is 10.1 Å². The highest BCUT2D eigenvalue weighted by atomic mass is 16.5. The molecule has 0 heterocycles. The van der Waals surface area contributed by atoms with Crippen LogP contribution in [0.25, 0.3) is 0 Å². The molecule has 0 aliphatic rings. The first-order valence-electron chi connectivity index (χ1n) is 6.31. The number of benzene rings is 1. The topological polar surface area (TPSA) is 58.6 Å². The Morgan fingerprint density at radius 1 is 1.37 bits per heavy atom. The summed E-state index contributed by atoms with van der Waals surface area (Å²) in [6.45, 7) is 7.40. The van der Waals surface area contributed by atoms with E-state index in [1.165, 1.54) is 0 Å². The molecule has 106 valence electrons. The molecule has 1 unspecified atom stereocenters. The molecule has 1 atom stereocenters. The Morgan fingerprint density at radius 3 is 2.37 bits per heavy atom. The SMILES string of the molecule is CNC(c1cc(C)cc(C)c1OC)C(C)(C)C(=O)O. The van der Waals surface area contributed by atoms with Crippen LogP contribution in [0.4, 0.5) is 0 Å². The molecule has 0 bridgehead atoms. The van der Waals surface area contributed by atoms with E-state index in [9.17, 15) is 9.90 Å². The Hall–Kier alpha value is -1.55. The maximum Gasteiger partial charge on any atom is 0.311 e. The van der Waals surface area contributed by atoms with E-state index >= 15 is 0 Å². The van der Waals surface area contributed by atoms with Crippen molar-refractivity contribution in [1.29, 1.82) is 0 Å². The first kappa shape index (κ1) is 15.5. The van der Waals surface area contributed by atoms with Gasteiger partial charge in [0.2, 0.25) is 0 Å². The van der Waals surface area contributed by atoms with Crippen molar-refractivity contribution in [3.63, 3.8) is 0 Å². The van der Waals surface area contributed by atoms with Gasteiger partial charge >= 0.3 is 5.97 Å². The maximum atomic E-state index is 11.5. The van der Waals surface area contributed by atoms with Crippen LogP contribution >= 0.6 is 0 Å². The van der Waals surface area contributed by atoms with Gasteiger partial charge in [0.1, 0.15) is 5.75 Å². The summed E-state index contributed by atoms with van der Waals surface area (Å²) in [6.07, 6.45) is 0.